The summed E-state index contributed by atoms with van der Waals surface area (Å²) in [5, 5.41) is 73.3. The molecule has 0 fully saturated rings. The van der Waals surface area contributed by atoms with Gasteiger partial charge in [0, 0.05) is 51.9 Å². The van der Waals surface area contributed by atoms with E-state index in [1.807, 2.05) is 12.1 Å². The second-order valence-corrected chi connectivity index (χ2v) is 12.8. The molecular formula is C36H30N2O18S. The first-order chi connectivity index (χ1) is 26.5. The lowest BCUT2D eigenvalue weighted by Crippen LogP contribution is -2.32. The molecule has 20 nitrogen and oxygen atoms in total. The Balaban J connectivity index is 0.000000230. The topological polar surface area (TPSA) is 332 Å². The number of rotatable bonds is 3. The Kier molecular flexibility index (Phi) is 13.8. The number of nitrogens with zero attached hydrogens (tertiary/aromatic N) is 2. The molecule has 2 aliphatic heterocycles. The summed E-state index contributed by atoms with van der Waals surface area (Å²) in [7, 11) is -2.78. The van der Waals surface area contributed by atoms with Crippen LogP contribution in [0.15, 0.2) is 103 Å². The number of fused-ring (bicyclic) bond motifs is 6. The molecule has 2 heterocycles. The molecule has 0 radical (unpaired) electrons. The van der Waals surface area contributed by atoms with Gasteiger partial charge in [0.2, 0.25) is 0 Å². The van der Waals surface area contributed by atoms with Crippen molar-refractivity contribution in [2.24, 2.45) is 0 Å². The summed E-state index contributed by atoms with van der Waals surface area (Å²) in [6.07, 6.45) is 0.715. The van der Waals surface area contributed by atoms with Gasteiger partial charge in [-0.05, 0) is 48.5 Å². The van der Waals surface area contributed by atoms with Crippen LogP contribution in [0.4, 0.5) is 5.69 Å². The highest BCUT2D eigenvalue weighted by molar-refractivity contribution is 7.85. The fourth-order valence-corrected chi connectivity index (χ4v) is 5.16. The predicted octanol–water partition coefficient (Wildman–Crippen LogP) is 5.15. The number of aromatic carboxylic acids is 2. The van der Waals surface area contributed by atoms with Crippen LogP contribution in [0.2, 0.25) is 0 Å². The molecule has 57 heavy (non-hydrogen) atoms. The van der Waals surface area contributed by atoms with Crippen molar-refractivity contribution in [3.63, 3.8) is 0 Å². The average molecular weight is 811 g/mol. The van der Waals surface area contributed by atoms with E-state index in [2.05, 4.69) is 0 Å². The number of nitro groups is 2. The lowest BCUT2D eigenvalue weighted by Gasteiger charge is -2.36. The van der Waals surface area contributed by atoms with Gasteiger partial charge in [0.25, 0.3) is 15.8 Å². The van der Waals surface area contributed by atoms with E-state index in [0.717, 1.165) is 19.2 Å². The molecule has 7 rings (SSSR count). The lowest BCUT2D eigenvalue weighted by molar-refractivity contribution is -0.445. The van der Waals surface area contributed by atoms with Crippen LogP contribution in [0.25, 0.3) is 0 Å². The van der Waals surface area contributed by atoms with Crippen molar-refractivity contribution in [2.45, 2.75) is 5.60 Å². The molecule has 2 aliphatic rings. The first-order valence-electron chi connectivity index (χ1n) is 15.5. The zero-order valence-electron chi connectivity index (χ0n) is 29.2. The summed E-state index contributed by atoms with van der Waals surface area (Å²) in [5.74, 6) is -2.38. The molecule has 1 spiro atoms. The Morgan fingerprint density at radius 2 is 1.12 bits per heavy atom. The minimum absolute atomic E-state index is 0.0371. The van der Waals surface area contributed by atoms with E-state index in [-0.39, 0.29) is 23.0 Å². The summed E-state index contributed by atoms with van der Waals surface area (Å²) in [6.45, 7) is 0. The van der Waals surface area contributed by atoms with Gasteiger partial charge in [-0.15, -0.1) is 0 Å². The second kappa shape index (κ2) is 18.0. The van der Waals surface area contributed by atoms with Crippen molar-refractivity contribution in [3.05, 3.63) is 157 Å². The number of ether oxygens (including phenoxy) is 2. The summed E-state index contributed by atoms with van der Waals surface area (Å²) < 4.78 is 37.6. The van der Waals surface area contributed by atoms with Crippen molar-refractivity contribution >= 4 is 33.7 Å². The lowest BCUT2D eigenvalue weighted by atomic mass is 9.77. The van der Waals surface area contributed by atoms with Gasteiger partial charge in [0.15, 0.2) is 12.6 Å². The zero-order chi connectivity index (χ0) is 42.8. The highest BCUT2D eigenvalue weighted by atomic mass is 32.2. The number of aromatic hydroxyl groups is 4. The number of carboxylic acids is 2. The third-order valence-corrected chi connectivity index (χ3v) is 7.19. The van der Waals surface area contributed by atoms with E-state index in [1.165, 1.54) is 42.5 Å². The molecule has 0 saturated heterocycles. The number of non-ortho nitro benzene ring substituents is 1. The molecule has 0 unspecified atom stereocenters. The maximum atomic E-state index is 12.5. The minimum atomic E-state index is -3.67. The maximum Gasteiger partial charge on any atom is 0.340 e. The highest BCUT2D eigenvalue weighted by Gasteiger charge is 2.53. The van der Waals surface area contributed by atoms with Crippen LogP contribution in [0.1, 0.15) is 47.8 Å². The van der Waals surface area contributed by atoms with Crippen molar-refractivity contribution in [3.8, 4) is 34.5 Å². The molecule has 0 bridgehead atoms. The zero-order valence-corrected chi connectivity index (χ0v) is 30.1. The number of nitro benzene ring substituents is 1. The van der Waals surface area contributed by atoms with Crippen LogP contribution in [-0.4, -0.2) is 84.7 Å². The standard InChI is InChI=1S/C20H12O5.C8H5NO6.C6H6O2.CH3NO2.CH4O3S/c21-11-5-7-15-17(9-11)24-18-10-12(22)6-8-16(18)20(15)14-4-2-1-3-13(14)19(23)25-20;10-7(11)5-2-1-4(9(14)15)3-6(5)8(12)13;7-5-2-1-3-6(8)4-5;1-2(3)4;1-5(2,3)4/h1-10,21-22H;1-3H,(H,10,11)(H,12,13);1-4,7-8H;1H3;1H3,(H,2,3,4). The minimum Gasteiger partial charge on any atom is -0.508 e. The van der Waals surface area contributed by atoms with Gasteiger partial charge in [-0.1, -0.05) is 24.3 Å². The normalized spacial score (nSPS) is 12.2. The number of hydrogen-bond acceptors (Lipinski definition) is 15. The highest BCUT2D eigenvalue weighted by Crippen LogP contribution is 2.56. The van der Waals surface area contributed by atoms with Crippen LogP contribution in [0, 0.1) is 20.2 Å². The SMILES string of the molecule is CS(=O)(=O)O.C[N+](=O)[O-].O=C(O)c1ccc([N+](=O)[O-])cc1C(=O)O.O=C1OC2(c3ccc(O)cc3Oc3cc(O)ccc32)c2ccccc21.Oc1cccc(O)c1. The summed E-state index contributed by atoms with van der Waals surface area (Å²) in [4.78, 5) is 51.6. The number of carbonyl (C=O) groups is 3. The first kappa shape index (κ1) is 43.6. The molecular weight excluding hydrogens is 780 g/mol. The van der Waals surface area contributed by atoms with Crippen molar-refractivity contribution in [1.82, 2.24) is 0 Å². The van der Waals surface area contributed by atoms with E-state index in [9.17, 15) is 43.1 Å². The Bertz CT molecular complexity index is 2390. The van der Waals surface area contributed by atoms with Gasteiger partial charge in [-0.3, -0.25) is 24.8 Å². The van der Waals surface area contributed by atoms with Crippen LogP contribution >= 0.6 is 0 Å². The molecule has 21 heteroatoms. The van der Waals surface area contributed by atoms with E-state index < -0.39 is 60.3 Å². The molecule has 0 atom stereocenters. The number of carbonyl (C=O) groups excluding carboxylic acids is 1. The van der Waals surface area contributed by atoms with E-state index >= 15 is 0 Å². The third kappa shape index (κ3) is 11.4. The molecule has 0 aromatic heterocycles. The number of phenolic OH excluding ortho intramolecular Hbond substituents is 4. The molecule has 298 valence electrons. The Morgan fingerprint density at radius 3 is 1.54 bits per heavy atom. The van der Waals surface area contributed by atoms with Gasteiger partial charge in [-0.25, -0.2) is 14.4 Å². The van der Waals surface area contributed by atoms with Crippen molar-refractivity contribution < 1.29 is 77.3 Å². The van der Waals surface area contributed by atoms with Gasteiger partial charge < -0.3 is 40.1 Å². The van der Waals surface area contributed by atoms with Crippen molar-refractivity contribution in [1.29, 1.82) is 0 Å². The number of esters is 1. The number of phenols is 4. The van der Waals surface area contributed by atoms with Crippen LogP contribution in [-0.2, 0) is 20.5 Å². The summed E-state index contributed by atoms with van der Waals surface area (Å²) in [6, 6.07) is 25.0. The van der Waals surface area contributed by atoms with Gasteiger partial charge in [-0.2, -0.15) is 8.42 Å². The maximum absolute atomic E-state index is 12.5. The largest absolute Gasteiger partial charge is 0.508 e. The Labute approximate surface area is 320 Å². The van der Waals surface area contributed by atoms with E-state index in [4.69, 9.17) is 44.6 Å². The average Bonchev–Trinajstić information content (AvgIpc) is 3.39. The van der Waals surface area contributed by atoms with E-state index in [0.29, 0.717) is 46.1 Å². The molecule has 0 amide bonds. The smallest absolute Gasteiger partial charge is 0.340 e. The Hall–Kier alpha value is -7.78. The van der Waals surface area contributed by atoms with Crippen LogP contribution < -0.4 is 4.74 Å². The van der Waals surface area contributed by atoms with E-state index in [1.54, 1.807) is 30.3 Å². The molecule has 0 saturated carbocycles. The van der Waals surface area contributed by atoms with Crippen LogP contribution in [0.5, 0.6) is 34.5 Å². The summed E-state index contributed by atoms with van der Waals surface area (Å²) in [5.41, 5.74) is -0.256. The molecule has 5 aromatic carbocycles. The molecule has 5 aromatic rings. The molecule has 7 N–H and O–H groups in total. The monoisotopic (exact) mass is 810 g/mol. The predicted molar refractivity (Wildman–Crippen MR) is 195 cm³/mol. The van der Waals surface area contributed by atoms with Gasteiger partial charge in [0.05, 0.1) is 27.9 Å². The fraction of sp³-hybridized carbons (Fsp3) is 0.0833. The second-order valence-electron chi connectivity index (χ2n) is 11.4. The fourth-order valence-electron chi connectivity index (χ4n) is 5.16. The Morgan fingerprint density at radius 1 is 0.667 bits per heavy atom. The first-order valence-corrected chi connectivity index (χ1v) is 17.3. The number of hydrogen-bond donors (Lipinski definition) is 7. The summed E-state index contributed by atoms with van der Waals surface area (Å²) >= 11 is 0. The van der Waals surface area contributed by atoms with Crippen LogP contribution in [0.3, 0.4) is 0 Å². The van der Waals surface area contributed by atoms with Gasteiger partial charge >= 0.3 is 17.9 Å². The number of benzene rings is 5. The van der Waals surface area contributed by atoms with Gasteiger partial charge in [0.1, 0.15) is 34.5 Å². The van der Waals surface area contributed by atoms with Crippen molar-refractivity contribution in [2.75, 3.05) is 13.3 Å². The number of carboxylic acid groups (broad SMARTS) is 2. The molecule has 0 aliphatic carbocycles. The third-order valence-electron chi connectivity index (χ3n) is 7.19. The quantitative estimate of drug-likeness (QED) is 0.0536.